The van der Waals surface area contributed by atoms with Crippen LogP contribution < -0.4 is 4.90 Å². The van der Waals surface area contributed by atoms with Crippen LogP contribution in [0, 0.1) is 0 Å². The number of phenolic OH excluding ortho intramolecular Hbond substituents is 1. The van der Waals surface area contributed by atoms with Gasteiger partial charge in [-0.1, -0.05) is 12.1 Å². The molecule has 1 atom stereocenters. The molecule has 1 aliphatic heterocycles. The molecule has 1 N–H and O–H groups in total. The van der Waals surface area contributed by atoms with Crippen molar-refractivity contribution in [1.82, 2.24) is 9.88 Å². The second-order valence-electron chi connectivity index (χ2n) is 6.77. The molecule has 1 saturated heterocycles. The molecule has 1 amide bonds. The summed E-state index contributed by atoms with van der Waals surface area (Å²) in [6, 6.07) is 11.1. The van der Waals surface area contributed by atoms with Gasteiger partial charge in [0.25, 0.3) is 5.91 Å². The van der Waals surface area contributed by atoms with E-state index in [0.29, 0.717) is 18.2 Å². The first kappa shape index (κ1) is 17.3. The largest absolute Gasteiger partial charge is 0.508 e. The lowest BCUT2D eigenvalue weighted by molar-refractivity contribution is 0.0785. The van der Waals surface area contributed by atoms with Crippen molar-refractivity contribution in [3.05, 3.63) is 53.7 Å². The van der Waals surface area contributed by atoms with E-state index in [2.05, 4.69) is 16.8 Å². The fourth-order valence-corrected chi connectivity index (χ4v) is 3.37. The molecule has 1 aromatic heterocycles. The average molecular weight is 339 g/mol. The maximum absolute atomic E-state index is 12.8. The Labute approximate surface area is 148 Å². The first-order valence-electron chi connectivity index (χ1n) is 8.80. The number of piperidine rings is 1. The minimum Gasteiger partial charge on any atom is -0.508 e. The molecule has 1 fully saturated rings. The third kappa shape index (κ3) is 4.10. The number of amides is 1. The Morgan fingerprint density at radius 2 is 2.16 bits per heavy atom. The number of pyridine rings is 1. The summed E-state index contributed by atoms with van der Waals surface area (Å²) >= 11 is 0. The van der Waals surface area contributed by atoms with Gasteiger partial charge in [0.2, 0.25) is 0 Å². The summed E-state index contributed by atoms with van der Waals surface area (Å²) in [6.07, 6.45) is 5.30. The number of carbonyl (C=O) groups excluding carboxylic acids is 1. The van der Waals surface area contributed by atoms with Crippen molar-refractivity contribution in [1.29, 1.82) is 0 Å². The van der Waals surface area contributed by atoms with E-state index in [9.17, 15) is 9.90 Å². The van der Waals surface area contributed by atoms with Crippen molar-refractivity contribution >= 4 is 11.7 Å². The predicted octanol–water partition coefficient (Wildman–Crippen LogP) is 3.44. The summed E-state index contributed by atoms with van der Waals surface area (Å²) in [4.78, 5) is 21.2. The van der Waals surface area contributed by atoms with Gasteiger partial charge in [-0.05, 0) is 56.0 Å². The summed E-state index contributed by atoms with van der Waals surface area (Å²) in [5.74, 6) is 1.05. The van der Waals surface area contributed by atoms with Crippen LogP contribution in [0.2, 0.25) is 0 Å². The van der Waals surface area contributed by atoms with Gasteiger partial charge in [-0.25, -0.2) is 4.98 Å². The molecule has 5 nitrogen and oxygen atoms in total. The number of benzene rings is 1. The molecule has 132 valence electrons. The number of rotatable bonds is 4. The minimum atomic E-state index is -0.0448. The Morgan fingerprint density at radius 3 is 2.92 bits per heavy atom. The van der Waals surface area contributed by atoms with E-state index in [1.807, 2.05) is 12.1 Å². The van der Waals surface area contributed by atoms with Crippen LogP contribution in [0.15, 0.2) is 42.6 Å². The molecule has 0 saturated carbocycles. The Bertz CT molecular complexity index is 747. The molecule has 0 radical (unpaired) electrons. The van der Waals surface area contributed by atoms with Crippen molar-refractivity contribution < 1.29 is 9.90 Å². The van der Waals surface area contributed by atoms with Crippen LogP contribution in [-0.2, 0) is 6.54 Å². The normalized spacial score (nSPS) is 17.4. The van der Waals surface area contributed by atoms with Gasteiger partial charge < -0.3 is 14.9 Å². The van der Waals surface area contributed by atoms with E-state index in [-0.39, 0.29) is 11.7 Å². The Hall–Kier alpha value is -2.56. The Balaban J connectivity index is 1.74. The quantitative estimate of drug-likeness (QED) is 0.927. The van der Waals surface area contributed by atoms with Crippen LogP contribution >= 0.6 is 0 Å². The second-order valence-corrected chi connectivity index (χ2v) is 6.77. The first-order valence-corrected chi connectivity index (χ1v) is 8.80. The standard InChI is InChI=1S/C20H25N3O2/c1-15-6-3-4-11-23(15)19-13-17(9-10-21-19)20(25)22(2)14-16-7-5-8-18(24)12-16/h5,7-10,12-13,15,24H,3-4,6,11,14H2,1-2H3/t15-/m1/s1. The predicted molar refractivity (Wildman–Crippen MR) is 98.8 cm³/mol. The van der Waals surface area contributed by atoms with Gasteiger partial charge in [-0.15, -0.1) is 0 Å². The maximum atomic E-state index is 12.8. The van der Waals surface area contributed by atoms with E-state index in [4.69, 9.17) is 0 Å². The zero-order valence-electron chi connectivity index (χ0n) is 14.9. The highest BCUT2D eigenvalue weighted by atomic mass is 16.3. The fraction of sp³-hybridized carbons (Fsp3) is 0.400. The average Bonchev–Trinajstić information content (AvgIpc) is 2.61. The third-order valence-electron chi connectivity index (χ3n) is 4.77. The number of aromatic hydroxyl groups is 1. The smallest absolute Gasteiger partial charge is 0.254 e. The molecular formula is C20H25N3O2. The van der Waals surface area contributed by atoms with E-state index < -0.39 is 0 Å². The SMILES string of the molecule is C[C@@H]1CCCCN1c1cc(C(=O)N(C)Cc2cccc(O)c2)ccn1. The second kappa shape index (κ2) is 7.55. The molecule has 0 aliphatic carbocycles. The van der Waals surface area contributed by atoms with Crippen LogP contribution in [0.4, 0.5) is 5.82 Å². The van der Waals surface area contributed by atoms with Crippen molar-refractivity contribution in [3.63, 3.8) is 0 Å². The molecular weight excluding hydrogens is 314 g/mol. The van der Waals surface area contributed by atoms with Crippen LogP contribution in [-0.4, -0.2) is 40.5 Å². The number of nitrogens with zero attached hydrogens (tertiary/aromatic N) is 3. The summed E-state index contributed by atoms with van der Waals surface area (Å²) < 4.78 is 0. The molecule has 2 heterocycles. The lowest BCUT2D eigenvalue weighted by Gasteiger charge is -2.34. The Morgan fingerprint density at radius 1 is 1.32 bits per heavy atom. The lowest BCUT2D eigenvalue weighted by atomic mass is 10.0. The molecule has 3 rings (SSSR count). The molecule has 1 aliphatic rings. The highest BCUT2D eigenvalue weighted by Gasteiger charge is 2.21. The highest BCUT2D eigenvalue weighted by molar-refractivity contribution is 5.94. The topological polar surface area (TPSA) is 56.7 Å². The third-order valence-corrected chi connectivity index (χ3v) is 4.77. The first-order chi connectivity index (χ1) is 12.0. The fourth-order valence-electron chi connectivity index (χ4n) is 3.37. The number of hydrogen-bond acceptors (Lipinski definition) is 4. The molecule has 0 spiro atoms. The minimum absolute atomic E-state index is 0.0448. The van der Waals surface area contributed by atoms with E-state index in [0.717, 1.165) is 24.3 Å². The molecule has 1 aromatic carbocycles. The number of carbonyl (C=O) groups is 1. The van der Waals surface area contributed by atoms with Crippen LogP contribution in [0.1, 0.15) is 42.1 Å². The van der Waals surface area contributed by atoms with Crippen LogP contribution in [0.25, 0.3) is 0 Å². The van der Waals surface area contributed by atoms with Crippen molar-refractivity contribution in [2.75, 3.05) is 18.5 Å². The number of anilines is 1. The molecule has 0 unspecified atom stereocenters. The monoisotopic (exact) mass is 339 g/mol. The molecule has 2 aromatic rings. The summed E-state index contributed by atoms with van der Waals surface area (Å²) in [5.41, 5.74) is 1.54. The van der Waals surface area contributed by atoms with Crippen molar-refractivity contribution in [2.45, 2.75) is 38.8 Å². The van der Waals surface area contributed by atoms with Crippen LogP contribution in [0.5, 0.6) is 5.75 Å². The molecule has 25 heavy (non-hydrogen) atoms. The number of hydrogen-bond donors (Lipinski definition) is 1. The van der Waals surface area contributed by atoms with Gasteiger partial charge in [0.05, 0.1) is 0 Å². The Kier molecular flexibility index (Phi) is 5.22. The van der Waals surface area contributed by atoms with Gasteiger partial charge in [-0.2, -0.15) is 0 Å². The zero-order valence-corrected chi connectivity index (χ0v) is 14.9. The van der Waals surface area contributed by atoms with Gasteiger partial charge in [0.15, 0.2) is 0 Å². The summed E-state index contributed by atoms with van der Waals surface area (Å²) in [7, 11) is 1.77. The summed E-state index contributed by atoms with van der Waals surface area (Å²) in [5, 5.41) is 9.57. The number of aromatic nitrogens is 1. The lowest BCUT2D eigenvalue weighted by Crippen LogP contribution is -2.38. The van der Waals surface area contributed by atoms with Crippen molar-refractivity contribution in [2.24, 2.45) is 0 Å². The van der Waals surface area contributed by atoms with Gasteiger partial charge >= 0.3 is 0 Å². The molecule has 5 heteroatoms. The maximum Gasteiger partial charge on any atom is 0.254 e. The zero-order chi connectivity index (χ0) is 17.8. The van der Waals surface area contributed by atoms with Gasteiger partial charge in [-0.3, -0.25) is 4.79 Å². The van der Waals surface area contributed by atoms with E-state index >= 15 is 0 Å². The van der Waals surface area contributed by atoms with Crippen LogP contribution in [0.3, 0.4) is 0 Å². The van der Waals surface area contributed by atoms with Crippen molar-refractivity contribution in [3.8, 4) is 5.75 Å². The number of phenols is 1. The highest BCUT2D eigenvalue weighted by Crippen LogP contribution is 2.24. The van der Waals surface area contributed by atoms with E-state index in [1.54, 1.807) is 42.4 Å². The van der Waals surface area contributed by atoms with E-state index in [1.165, 1.54) is 12.8 Å². The van der Waals surface area contributed by atoms with Gasteiger partial charge in [0.1, 0.15) is 11.6 Å². The van der Waals surface area contributed by atoms with Gasteiger partial charge in [0, 0.05) is 37.9 Å². The summed E-state index contributed by atoms with van der Waals surface area (Å²) in [6.45, 7) is 3.65. The molecule has 0 bridgehead atoms.